The topological polar surface area (TPSA) is 64.1 Å². The molecule has 0 bridgehead atoms. The lowest BCUT2D eigenvalue weighted by atomic mass is 10.1. The Morgan fingerprint density at radius 3 is 2.51 bits per heavy atom. The lowest BCUT2D eigenvalue weighted by Gasteiger charge is -2.28. The summed E-state index contributed by atoms with van der Waals surface area (Å²) in [6.45, 7) is 6.00. The highest BCUT2D eigenvalue weighted by Gasteiger charge is 2.19. The molecule has 1 aliphatic rings. The summed E-state index contributed by atoms with van der Waals surface area (Å²) in [5.41, 5.74) is 2.70. The molecule has 7 nitrogen and oxygen atoms in total. The van der Waals surface area contributed by atoms with E-state index < -0.39 is 0 Å². The van der Waals surface area contributed by atoms with E-state index in [0.717, 1.165) is 50.4 Å². The molecule has 1 aliphatic heterocycles. The van der Waals surface area contributed by atoms with Crippen LogP contribution in [0.15, 0.2) is 73.1 Å². The third-order valence-corrected chi connectivity index (χ3v) is 6.06. The molecule has 1 amide bonds. The standard InChI is InChI=1S/C28H33N3O4/c1-33-27-20-25(8-9-26(27)35-22-24-6-3-2-4-7-24)28(32)31(21-23-10-12-29-13-11-23)15-5-14-30-16-18-34-19-17-30/h2-4,6-13,20H,5,14-19,21-22H2,1H3. The minimum atomic E-state index is -0.0308. The van der Waals surface area contributed by atoms with E-state index in [0.29, 0.717) is 36.8 Å². The first-order valence-electron chi connectivity index (χ1n) is 12.1. The van der Waals surface area contributed by atoms with Gasteiger partial charge in [-0.2, -0.15) is 0 Å². The van der Waals surface area contributed by atoms with Crippen LogP contribution in [0.3, 0.4) is 0 Å². The van der Waals surface area contributed by atoms with Crippen molar-refractivity contribution >= 4 is 5.91 Å². The maximum atomic E-state index is 13.6. The van der Waals surface area contributed by atoms with Gasteiger partial charge in [0, 0.05) is 50.7 Å². The zero-order valence-electron chi connectivity index (χ0n) is 20.3. The van der Waals surface area contributed by atoms with Crippen molar-refractivity contribution in [2.75, 3.05) is 46.5 Å². The first kappa shape index (κ1) is 24.7. The van der Waals surface area contributed by atoms with Crippen LogP contribution in [-0.2, 0) is 17.9 Å². The molecule has 0 spiro atoms. The average molecular weight is 476 g/mol. The van der Waals surface area contributed by atoms with Gasteiger partial charge in [-0.25, -0.2) is 0 Å². The minimum absolute atomic E-state index is 0.0308. The second-order valence-corrected chi connectivity index (χ2v) is 8.53. The number of carbonyl (C=O) groups is 1. The lowest BCUT2D eigenvalue weighted by Crippen LogP contribution is -2.39. The van der Waals surface area contributed by atoms with E-state index >= 15 is 0 Å². The summed E-state index contributed by atoms with van der Waals surface area (Å²) < 4.78 is 17.0. The molecule has 2 aromatic carbocycles. The molecular formula is C28H33N3O4. The summed E-state index contributed by atoms with van der Waals surface area (Å²) in [5.74, 6) is 1.13. The van der Waals surface area contributed by atoms with Gasteiger partial charge in [-0.15, -0.1) is 0 Å². The maximum absolute atomic E-state index is 13.6. The predicted molar refractivity (Wildman–Crippen MR) is 135 cm³/mol. The highest BCUT2D eigenvalue weighted by Crippen LogP contribution is 2.29. The average Bonchev–Trinajstić information content (AvgIpc) is 2.92. The molecule has 1 fully saturated rings. The van der Waals surface area contributed by atoms with Crippen LogP contribution in [0.4, 0.5) is 0 Å². The van der Waals surface area contributed by atoms with Gasteiger partial charge in [0.2, 0.25) is 0 Å². The summed E-state index contributed by atoms with van der Waals surface area (Å²) in [6.07, 6.45) is 4.41. The number of methoxy groups -OCH3 is 1. The molecule has 0 unspecified atom stereocenters. The zero-order valence-corrected chi connectivity index (χ0v) is 20.3. The van der Waals surface area contributed by atoms with Gasteiger partial charge < -0.3 is 19.1 Å². The molecule has 35 heavy (non-hydrogen) atoms. The lowest BCUT2D eigenvalue weighted by molar-refractivity contribution is 0.0355. The van der Waals surface area contributed by atoms with E-state index in [4.69, 9.17) is 14.2 Å². The van der Waals surface area contributed by atoms with E-state index in [1.165, 1.54) is 0 Å². The molecular weight excluding hydrogens is 442 g/mol. The van der Waals surface area contributed by atoms with Crippen LogP contribution >= 0.6 is 0 Å². The Bertz CT molecular complexity index is 1060. The van der Waals surface area contributed by atoms with Gasteiger partial charge in [-0.1, -0.05) is 30.3 Å². The molecule has 0 aliphatic carbocycles. The van der Waals surface area contributed by atoms with Gasteiger partial charge in [0.05, 0.1) is 20.3 Å². The van der Waals surface area contributed by atoms with Crippen molar-refractivity contribution in [2.45, 2.75) is 19.6 Å². The molecule has 2 heterocycles. The predicted octanol–water partition coefficient (Wildman–Crippen LogP) is 4.03. The van der Waals surface area contributed by atoms with Crippen LogP contribution in [0.2, 0.25) is 0 Å². The molecule has 0 atom stereocenters. The Labute approximate surface area is 207 Å². The van der Waals surface area contributed by atoms with Gasteiger partial charge in [-0.3, -0.25) is 14.7 Å². The summed E-state index contributed by atoms with van der Waals surface area (Å²) in [7, 11) is 1.59. The van der Waals surface area contributed by atoms with Crippen LogP contribution in [0.5, 0.6) is 11.5 Å². The molecule has 0 N–H and O–H groups in total. The summed E-state index contributed by atoms with van der Waals surface area (Å²) >= 11 is 0. The third kappa shape index (κ3) is 7.28. The Kier molecular flexibility index (Phi) is 9.09. The van der Waals surface area contributed by atoms with Gasteiger partial charge in [0.25, 0.3) is 5.91 Å². The number of amides is 1. The van der Waals surface area contributed by atoms with Crippen molar-refractivity contribution in [3.8, 4) is 11.5 Å². The molecule has 0 saturated carbocycles. The van der Waals surface area contributed by atoms with Crippen molar-refractivity contribution in [2.24, 2.45) is 0 Å². The number of carbonyl (C=O) groups excluding carboxylic acids is 1. The number of benzene rings is 2. The first-order valence-corrected chi connectivity index (χ1v) is 12.1. The number of rotatable bonds is 11. The minimum Gasteiger partial charge on any atom is -0.493 e. The summed E-state index contributed by atoms with van der Waals surface area (Å²) in [5, 5.41) is 0. The fraction of sp³-hybridized carbons (Fsp3) is 0.357. The number of aromatic nitrogens is 1. The van der Waals surface area contributed by atoms with Crippen LogP contribution in [-0.4, -0.2) is 67.2 Å². The van der Waals surface area contributed by atoms with Crippen LogP contribution in [0, 0.1) is 0 Å². The van der Waals surface area contributed by atoms with E-state index in [9.17, 15) is 4.79 Å². The number of hydrogen-bond donors (Lipinski definition) is 0. The fourth-order valence-corrected chi connectivity index (χ4v) is 4.11. The van der Waals surface area contributed by atoms with Crippen LogP contribution in [0.25, 0.3) is 0 Å². The van der Waals surface area contributed by atoms with Gasteiger partial charge in [0.15, 0.2) is 11.5 Å². The van der Waals surface area contributed by atoms with Gasteiger partial charge in [0.1, 0.15) is 6.61 Å². The SMILES string of the molecule is COc1cc(C(=O)N(CCCN2CCOCC2)Cc2ccncc2)ccc1OCc1ccccc1. The number of morpholine rings is 1. The van der Waals surface area contributed by atoms with Crippen molar-refractivity contribution in [3.05, 3.63) is 89.7 Å². The molecule has 0 radical (unpaired) electrons. The van der Waals surface area contributed by atoms with Crippen LogP contribution in [0.1, 0.15) is 27.9 Å². The zero-order chi connectivity index (χ0) is 24.3. The van der Waals surface area contributed by atoms with E-state index in [2.05, 4.69) is 9.88 Å². The maximum Gasteiger partial charge on any atom is 0.254 e. The highest BCUT2D eigenvalue weighted by molar-refractivity contribution is 5.95. The molecule has 7 heteroatoms. The normalized spacial score (nSPS) is 13.9. The quantitative estimate of drug-likeness (QED) is 0.417. The number of ether oxygens (including phenoxy) is 3. The molecule has 184 valence electrons. The van der Waals surface area contributed by atoms with E-state index in [1.807, 2.05) is 59.5 Å². The summed E-state index contributed by atoms with van der Waals surface area (Å²) in [4.78, 5) is 22.0. The van der Waals surface area contributed by atoms with E-state index in [-0.39, 0.29) is 5.91 Å². The second kappa shape index (κ2) is 12.9. The van der Waals surface area contributed by atoms with Crippen molar-refractivity contribution < 1.29 is 19.0 Å². The first-order chi connectivity index (χ1) is 17.2. The number of nitrogens with zero attached hydrogens (tertiary/aromatic N) is 3. The highest BCUT2D eigenvalue weighted by atomic mass is 16.5. The monoisotopic (exact) mass is 475 g/mol. The number of pyridine rings is 1. The fourth-order valence-electron chi connectivity index (χ4n) is 4.11. The largest absolute Gasteiger partial charge is 0.493 e. The van der Waals surface area contributed by atoms with Crippen molar-refractivity contribution in [1.29, 1.82) is 0 Å². The van der Waals surface area contributed by atoms with Crippen molar-refractivity contribution in [3.63, 3.8) is 0 Å². The molecule has 1 saturated heterocycles. The van der Waals surface area contributed by atoms with Gasteiger partial charge >= 0.3 is 0 Å². The summed E-state index contributed by atoms with van der Waals surface area (Å²) in [6, 6.07) is 19.2. The van der Waals surface area contributed by atoms with Crippen LogP contribution < -0.4 is 9.47 Å². The molecule has 1 aromatic heterocycles. The third-order valence-electron chi connectivity index (χ3n) is 6.06. The number of hydrogen-bond acceptors (Lipinski definition) is 6. The van der Waals surface area contributed by atoms with E-state index in [1.54, 1.807) is 25.6 Å². The Balaban J connectivity index is 1.44. The Morgan fingerprint density at radius 1 is 1.00 bits per heavy atom. The Hall–Kier alpha value is -3.42. The van der Waals surface area contributed by atoms with Crippen molar-refractivity contribution in [1.82, 2.24) is 14.8 Å². The van der Waals surface area contributed by atoms with Gasteiger partial charge in [-0.05, 0) is 47.9 Å². The Morgan fingerprint density at radius 2 is 1.77 bits per heavy atom. The molecule has 3 aromatic rings. The second-order valence-electron chi connectivity index (χ2n) is 8.53. The smallest absolute Gasteiger partial charge is 0.254 e. The molecule has 4 rings (SSSR count).